The van der Waals surface area contributed by atoms with Gasteiger partial charge in [0.25, 0.3) is 5.97 Å². The standard InChI is InChI=1S/C6H15FO3Si/c1-6(8-2,9-3)10-11-5-4-7/h4-5,11H2,1-3H3. The zero-order valence-corrected chi connectivity index (χ0v) is 8.64. The van der Waals surface area contributed by atoms with E-state index in [1.54, 1.807) is 6.92 Å². The van der Waals surface area contributed by atoms with Crippen LogP contribution in [0.15, 0.2) is 0 Å². The summed E-state index contributed by atoms with van der Waals surface area (Å²) in [6, 6.07) is 0.502. The molecular weight excluding hydrogens is 167 g/mol. The predicted molar refractivity (Wildman–Crippen MR) is 42.8 cm³/mol. The molecule has 11 heavy (non-hydrogen) atoms. The minimum atomic E-state index is -0.971. The summed E-state index contributed by atoms with van der Waals surface area (Å²) < 4.78 is 26.7. The van der Waals surface area contributed by atoms with Gasteiger partial charge in [-0.1, -0.05) is 0 Å². The first kappa shape index (κ1) is 11.0. The molecule has 0 amide bonds. The van der Waals surface area contributed by atoms with Gasteiger partial charge in [0.1, 0.15) is 0 Å². The van der Waals surface area contributed by atoms with Gasteiger partial charge in [0, 0.05) is 21.1 Å². The van der Waals surface area contributed by atoms with Gasteiger partial charge in [-0.15, -0.1) is 0 Å². The summed E-state index contributed by atoms with van der Waals surface area (Å²) in [7, 11) is 2.15. The Morgan fingerprint density at radius 3 is 2.27 bits per heavy atom. The van der Waals surface area contributed by atoms with E-state index >= 15 is 0 Å². The van der Waals surface area contributed by atoms with E-state index in [-0.39, 0.29) is 6.67 Å². The molecule has 0 heterocycles. The molecule has 0 bridgehead atoms. The predicted octanol–water partition coefficient (Wildman–Crippen LogP) is 0.441. The topological polar surface area (TPSA) is 27.7 Å². The summed E-state index contributed by atoms with van der Waals surface area (Å²) in [5.74, 6) is -0.971. The molecule has 0 saturated heterocycles. The average Bonchev–Trinajstić information content (AvgIpc) is 2.05. The van der Waals surface area contributed by atoms with Crippen LogP contribution in [-0.4, -0.2) is 36.6 Å². The van der Waals surface area contributed by atoms with Crippen LogP contribution in [0.5, 0.6) is 0 Å². The van der Waals surface area contributed by atoms with Crippen LogP contribution in [0.4, 0.5) is 4.39 Å². The molecule has 0 aliphatic heterocycles. The number of methoxy groups -OCH3 is 2. The molecule has 0 spiro atoms. The summed E-state index contributed by atoms with van der Waals surface area (Å²) in [4.78, 5) is 0. The smallest absolute Gasteiger partial charge is 0.269 e. The van der Waals surface area contributed by atoms with Crippen molar-refractivity contribution in [3.8, 4) is 0 Å². The maximum atomic E-state index is 11.6. The number of alkyl halides is 1. The van der Waals surface area contributed by atoms with Gasteiger partial charge in [0.2, 0.25) is 0 Å². The third-order valence-corrected chi connectivity index (χ3v) is 2.67. The van der Waals surface area contributed by atoms with Crippen molar-refractivity contribution in [2.75, 3.05) is 20.9 Å². The SMILES string of the molecule is COC(C)(OC)O[SiH2]CCF. The average molecular weight is 182 g/mol. The monoisotopic (exact) mass is 182 g/mol. The molecule has 3 nitrogen and oxygen atoms in total. The van der Waals surface area contributed by atoms with Gasteiger partial charge < -0.3 is 13.9 Å². The largest absolute Gasteiger partial charge is 0.376 e. The van der Waals surface area contributed by atoms with Crippen molar-refractivity contribution in [1.29, 1.82) is 0 Å². The van der Waals surface area contributed by atoms with Gasteiger partial charge in [0.15, 0.2) is 9.76 Å². The third kappa shape index (κ3) is 4.47. The first-order valence-electron chi connectivity index (χ1n) is 3.48. The number of ether oxygens (including phenoxy) is 2. The van der Waals surface area contributed by atoms with Crippen LogP contribution >= 0.6 is 0 Å². The highest BCUT2D eigenvalue weighted by Gasteiger charge is 2.22. The van der Waals surface area contributed by atoms with E-state index < -0.39 is 15.7 Å². The zero-order chi connectivity index (χ0) is 8.74. The van der Waals surface area contributed by atoms with Crippen LogP contribution in [0.1, 0.15) is 6.92 Å². The van der Waals surface area contributed by atoms with Crippen LogP contribution < -0.4 is 0 Å². The first-order valence-corrected chi connectivity index (χ1v) is 5.06. The Kier molecular flexibility index (Phi) is 5.66. The zero-order valence-electron chi connectivity index (χ0n) is 7.22. The first-order chi connectivity index (χ1) is 5.18. The van der Waals surface area contributed by atoms with E-state index in [0.29, 0.717) is 6.04 Å². The Morgan fingerprint density at radius 2 is 1.91 bits per heavy atom. The van der Waals surface area contributed by atoms with Crippen LogP contribution in [0.25, 0.3) is 0 Å². The molecule has 0 aromatic rings. The minimum Gasteiger partial charge on any atom is -0.376 e. The number of hydrogen-bond acceptors (Lipinski definition) is 3. The second kappa shape index (κ2) is 5.65. The van der Waals surface area contributed by atoms with E-state index in [4.69, 9.17) is 13.9 Å². The van der Waals surface area contributed by atoms with Gasteiger partial charge in [-0.05, 0) is 6.04 Å². The fourth-order valence-corrected chi connectivity index (χ4v) is 1.37. The summed E-state index contributed by atoms with van der Waals surface area (Å²) in [5, 5.41) is 0. The fourth-order valence-electron chi connectivity index (χ4n) is 0.513. The molecule has 0 fully saturated rings. The minimum absolute atomic E-state index is 0.324. The van der Waals surface area contributed by atoms with E-state index in [0.717, 1.165) is 0 Å². The van der Waals surface area contributed by atoms with Crippen LogP contribution in [-0.2, 0) is 13.9 Å². The highest BCUT2D eigenvalue weighted by atomic mass is 28.2. The lowest BCUT2D eigenvalue weighted by Gasteiger charge is -2.26. The van der Waals surface area contributed by atoms with Crippen molar-refractivity contribution in [2.24, 2.45) is 0 Å². The molecule has 0 saturated carbocycles. The lowest BCUT2D eigenvalue weighted by molar-refractivity contribution is -0.310. The van der Waals surface area contributed by atoms with Crippen LogP contribution in [0, 0.1) is 0 Å². The Hall–Kier alpha value is 0.0269. The molecule has 0 radical (unpaired) electrons. The highest BCUT2D eigenvalue weighted by Crippen LogP contribution is 2.10. The lowest BCUT2D eigenvalue weighted by atomic mass is 10.7. The maximum Gasteiger partial charge on any atom is 0.269 e. The molecular formula is C6H15FO3Si. The van der Waals surface area contributed by atoms with Gasteiger partial charge >= 0.3 is 0 Å². The molecule has 0 aromatic carbocycles. The fraction of sp³-hybridized carbons (Fsp3) is 1.00. The Morgan fingerprint density at radius 1 is 1.36 bits per heavy atom. The quantitative estimate of drug-likeness (QED) is 0.339. The molecule has 0 aliphatic carbocycles. The Bertz CT molecular complexity index is 97.8. The second-order valence-corrected chi connectivity index (χ2v) is 3.57. The maximum absolute atomic E-state index is 11.6. The third-order valence-electron chi connectivity index (χ3n) is 1.38. The number of rotatable bonds is 6. The summed E-state index contributed by atoms with van der Waals surface area (Å²) in [6.45, 7) is 1.34. The van der Waals surface area contributed by atoms with Crippen molar-refractivity contribution < 1.29 is 18.3 Å². The van der Waals surface area contributed by atoms with E-state index in [1.807, 2.05) is 0 Å². The molecule has 0 N–H and O–H groups in total. The molecule has 0 aromatic heterocycles. The number of halogens is 1. The van der Waals surface area contributed by atoms with E-state index in [1.165, 1.54) is 14.2 Å². The van der Waals surface area contributed by atoms with Crippen molar-refractivity contribution in [3.05, 3.63) is 0 Å². The van der Waals surface area contributed by atoms with Crippen molar-refractivity contribution in [1.82, 2.24) is 0 Å². The van der Waals surface area contributed by atoms with Crippen molar-refractivity contribution >= 4 is 9.76 Å². The van der Waals surface area contributed by atoms with Crippen molar-refractivity contribution in [3.63, 3.8) is 0 Å². The van der Waals surface area contributed by atoms with Gasteiger partial charge in [-0.3, -0.25) is 4.39 Å². The van der Waals surface area contributed by atoms with Crippen LogP contribution in [0.2, 0.25) is 6.04 Å². The molecule has 0 rings (SSSR count). The molecule has 0 atom stereocenters. The lowest BCUT2D eigenvalue weighted by Crippen LogP contribution is -2.34. The normalized spacial score (nSPS) is 13.1. The summed E-state index contributed by atoms with van der Waals surface area (Å²) in [6.07, 6.45) is 0. The molecule has 0 aliphatic rings. The highest BCUT2D eigenvalue weighted by molar-refractivity contribution is 6.27. The summed E-state index contributed by atoms with van der Waals surface area (Å²) in [5.41, 5.74) is 0. The molecule has 0 unspecified atom stereocenters. The summed E-state index contributed by atoms with van der Waals surface area (Å²) >= 11 is 0. The molecule has 5 heteroatoms. The van der Waals surface area contributed by atoms with E-state index in [9.17, 15) is 4.39 Å². The van der Waals surface area contributed by atoms with E-state index in [2.05, 4.69) is 0 Å². The Balaban J connectivity index is 3.51. The second-order valence-electron chi connectivity index (χ2n) is 2.16. The van der Waals surface area contributed by atoms with Crippen molar-refractivity contribution in [2.45, 2.75) is 18.9 Å². The van der Waals surface area contributed by atoms with Crippen LogP contribution in [0.3, 0.4) is 0 Å². The Labute approximate surface area is 68.8 Å². The van der Waals surface area contributed by atoms with Gasteiger partial charge in [-0.2, -0.15) is 0 Å². The van der Waals surface area contributed by atoms with Gasteiger partial charge in [-0.25, -0.2) is 0 Å². The van der Waals surface area contributed by atoms with Gasteiger partial charge in [0.05, 0.1) is 6.67 Å². The number of hydrogen-bond donors (Lipinski definition) is 0. The molecule has 68 valence electrons.